The summed E-state index contributed by atoms with van der Waals surface area (Å²) in [6.07, 6.45) is 3.53. The highest BCUT2D eigenvalue weighted by Gasteiger charge is 2.18. The summed E-state index contributed by atoms with van der Waals surface area (Å²) in [5.41, 5.74) is 4.20. The molecule has 0 saturated heterocycles. The SMILES string of the molecule is Cc1nn(-c2ccccc2)cc1CCCNC(=O)c1nnn(-c2cccc([N+](=O)[O-])c2)c1C. The van der Waals surface area contributed by atoms with Crippen LogP contribution < -0.4 is 5.32 Å². The van der Waals surface area contributed by atoms with E-state index in [1.165, 1.54) is 16.8 Å². The van der Waals surface area contributed by atoms with Gasteiger partial charge in [0.15, 0.2) is 5.69 Å². The second-order valence-electron chi connectivity index (χ2n) is 7.59. The second-order valence-corrected chi connectivity index (χ2v) is 7.59. The molecule has 2 aromatic heterocycles. The van der Waals surface area contributed by atoms with Crippen molar-refractivity contribution in [3.05, 3.63) is 93.6 Å². The van der Waals surface area contributed by atoms with Crippen molar-refractivity contribution in [2.45, 2.75) is 26.7 Å². The quantitative estimate of drug-likeness (QED) is 0.252. The third-order valence-corrected chi connectivity index (χ3v) is 5.32. The largest absolute Gasteiger partial charge is 0.351 e. The van der Waals surface area contributed by atoms with Gasteiger partial charge in [-0.25, -0.2) is 9.36 Å². The Kier molecular flexibility index (Phi) is 6.25. The number of carbonyl (C=O) groups is 1. The highest BCUT2D eigenvalue weighted by molar-refractivity contribution is 5.93. The Bertz CT molecular complexity index is 1290. The summed E-state index contributed by atoms with van der Waals surface area (Å²) in [6, 6.07) is 15.9. The first kappa shape index (κ1) is 21.9. The number of rotatable bonds is 8. The maximum atomic E-state index is 12.6. The van der Waals surface area contributed by atoms with Crippen LogP contribution in [0.15, 0.2) is 60.8 Å². The Morgan fingerprint density at radius 3 is 2.61 bits per heavy atom. The number of benzene rings is 2. The molecule has 2 aromatic carbocycles. The Hall–Kier alpha value is -4.34. The maximum absolute atomic E-state index is 12.6. The predicted octanol–water partition coefficient (Wildman–Crippen LogP) is 3.34. The molecule has 4 aromatic rings. The van der Waals surface area contributed by atoms with Crippen LogP contribution in [0.4, 0.5) is 5.69 Å². The number of non-ortho nitro benzene ring substituents is 1. The molecule has 0 spiro atoms. The molecule has 1 N–H and O–H groups in total. The maximum Gasteiger partial charge on any atom is 0.273 e. The van der Waals surface area contributed by atoms with Crippen LogP contribution in [0.25, 0.3) is 11.4 Å². The number of para-hydroxylation sites is 1. The highest BCUT2D eigenvalue weighted by Crippen LogP contribution is 2.18. The first-order valence-electron chi connectivity index (χ1n) is 10.5. The lowest BCUT2D eigenvalue weighted by Gasteiger charge is -2.05. The highest BCUT2D eigenvalue weighted by atomic mass is 16.6. The smallest absolute Gasteiger partial charge is 0.273 e. The van der Waals surface area contributed by atoms with E-state index < -0.39 is 4.92 Å². The summed E-state index contributed by atoms with van der Waals surface area (Å²) in [5, 5.41) is 26.4. The van der Waals surface area contributed by atoms with Crippen molar-refractivity contribution in [2.75, 3.05) is 6.54 Å². The molecule has 0 aliphatic rings. The number of nitrogens with zero attached hydrogens (tertiary/aromatic N) is 6. The van der Waals surface area contributed by atoms with Crippen LogP contribution in [0, 0.1) is 24.0 Å². The van der Waals surface area contributed by atoms with Crippen LogP contribution in [-0.4, -0.2) is 42.1 Å². The minimum Gasteiger partial charge on any atom is -0.351 e. The molecule has 1 amide bonds. The topological polar surface area (TPSA) is 121 Å². The zero-order chi connectivity index (χ0) is 23.4. The van der Waals surface area contributed by atoms with Crippen molar-refractivity contribution in [3.63, 3.8) is 0 Å². The van der Waals surface area contributed by atoms with E-state index in [9.17, 15) is 14.9 Å². The van der Waals surface area contributed by atoms with Crippen LogP contribution in [-0.2, 0) is 6.42 Å². The number of nitrogens with one attached hydrogen (secondary N) is 1. The third kappa shape index (κ3) is 4.79. The summed E-state index contributed by atoms with van der Waals surface area (Å²) < 4.78 is 3.28. The summed E-state index contributed by atoms with van der Waals surface area (Å²) in [7, 11) is 0. The van der Waals surface area contributed by atoms with Crippen molar-refractivity contribution < 1.29 is 9.72 Å². The van der Waals surface area contributed by atoms with Crippen molar-refractivity contribution in [1.29, 1.82) is 0 Å². The lowest BCUT2D eigenvalue weighted by atomic mass is 10.1. The molecular weight excluding hydrogens is 422 g/mol. The van der Waals surface area contributed by atoms with Gasteiger partial charge in [0.05, 0.1) is 27.7 Å². The van der Waals surface area contributed by atoms with Gasteiger partial charge < -0.3 is 5.32 Å². The van der Waals surface area contributed by atoms with E-state index >= 15 is 0 Å². The van der Waals surface area contributed by atoms with E-state index in [2.05, 4.69) is 20.7 Å². The molecule has 33 heavy (non-hydrogen) atoms. The summed E-state index contributed by atoms with van der Waals surface area (Å²) in [5.74, 6) is -0.333. The molecule has 0 aliphatic carbocycles. The third-order valence-electron chi connectivity index (χ3n) is 5.32. The van der Waals surface area contributed by atoms with Crippen LogP contribution in [0.3, 0.4) is 0 Å². The van der Waals surface area contributed by atoms with Crippen molar-refractivity contribution in [1.82, 2.24) is 30.1 Å². The number of aromatic nitrogens is 5. The molecular formula is C23H23N7O3. The lowest BCUT2D eigenvalue weighted by Crippen LogP contribution is -2.26. The molecule has 10 heteroatoms. The van der Waals surface area contributed by atoms with E-state index in [0.717, 1.165) is 29.8 Å². The molecule has 0 saturated carbocycles. The van der Waals surface area contributed by atoms with Crippen LogP contribution in [0.2, 0.25) is 0 Å². The van der Waals surface area contributed by atoms with Gasteiger partial charge in [0.25, 0.3) is 11.6 Å². The van der Waals surface area contributed by atoms with Gasteiger partial charge in [0.1, 0.15) is 0 Å². The normalized spacial score (nSPS) is 10.8. The van der Waals surface area contributed by atoms with E-state index in [0.29, 0.717) is 17.9 Å². The fourth-order valence-corrected chi connectivity index (χ4v) is 3.54. The number of carbonyl (C=O) groups excluding carboxylic acids is 1. The molecule has 10 nitrogen and oxygen atoms in total. The molecule has 0 bridgehead atoms. The zero-order valence-electron chi connectivity index (χ0n) is 18.3. The van der Waals surface area contributed by atoms with Crippen molar-refractivity contribution >= 4 is 11.6 Å². The minimum atomic E-state index is -0.478. The first-order valence-corrected chi connectivity index (χ1v) is 10.5. The van der Waals surface area contributed by atoms with Crippen LogP contribution >= 0.6 is 0 Å². The molecule has 4 rings (SSSR count). The first-order chi connectivity index (χ1) is 15.9. The van der Waals surface area contributed by atoms with Gasteiger partial charge in [-0.15, -0.1) is 5.10 Å². The molecule has 0 radical (unpaired) electrons. The van der Waals surface area contributed by atoms with Crippen LogP contribution in [0.5, 0.6) is 0 Å². The molecule has 0 aliphatic heterocycles. The van der Waals surface area contributed by atoms with Gasteiger partial charge >= 0.3 is 0 Å². The summed E-state index contributed by atoms with van der Waals surface area (Å²) >= 11 is 0. The lowest BCUT2D eigenvalue weighted by molar-refractivity contribution is -0.384. The van der Waals surface area contributed by atoms with E-state index in [4.69, 9.17) is 0 Å². The van der Waals surface area contributed by atoms with Gasteiger partial charge in [-0.3, -0.25) is 14.9 Å². The van der Waals surface area contributed by atoms with E-state index in [1.807, 2.05) is 48.1 Å². The minimum absolute atomic E-state index is 0.0562. The molecule has 0 atom stereocenters. The number of amides is 1. The van der Waals surface area contributed by atoms with Gasteiger partial charge in [0.2, 0.25) is 0 Å². The Morgan fingerprint density at radius 2 is 1.85 bits per heavy atom. The van der Waals surface area contributed by atoms with Gasteiger partial charge in [-0.05, 0) is 50.5 Å². The number of nitro benzene ring substituents is 1. The van der Waals surface area contributed by atoms with Crippen molar-refractivity contribution in [3.8, 4) is 11.4 Å². The summed E-state index contributed by atoms with van der Waals surface area (Å²) in [4.78, 5) is 23.1. The summed E-state index contributed by atoms with van der Waals surface area (Å²) in [6.45, 7) is 4.15. The molecule has 0 fully saturated rings. The van der Waals surface area contributed by atoms with Gasteiger partial charge in [-0.2, -0.15) is 5.10 Å². The number of nitro groups is 1. The van der Waals surface area contributed by atoms with Gasteiger partial charge in [0, 0.05) is 24.9 Å². The number of hydrogen-bond acceptors (Lipinski definition) is 6. The van der Waals surface area contributed by atoms with E-state index in [-0.39, 0.29) is 17.3 Å². The van der Waals surface area contributed by atoms with Gasteiger partial charge in [-0.1, -0.05) is 29.5 Å². The fraction of sp³-hybridized carbons (Fsp3) is 0.217. The van der Waals surface area contributed by atoms with Crippen molar-refractivity contribution in [2.24, 2.45) is 0 Å². The predicted molar refractivity (Wildman–Crippen MR) is 122 cm³/mol. The Morgan fingerprint density at radius 1 is 1.09 bits per heavy atom. The Balaban J connectivity index is 1.35. The zero-order valence-corrected chi connectivity index (χ0v) is 18.3. The average Bonchev–Trinajstić information content (AvgIpc) is 3.39. The standard InChI is InChI=1S/C23H23N7O3/c1-16-18(15-28(26-16)19-9-4-3-5-10-19)8-7-13-24-23(31)22-17(2)29(27-25-22)20-11-6-12-21(14-20)30(32)33/h3-6,9-12,14-15H,7-8,13H2,1-2H3,(H,24,31). The molecule has 2 heterocycles. The number of hydrogen-bond donors (Lipinski definition) is 1. The van der Waals surface area contributed by atoms with Crippen LogP contribution in [0.1, 0.15) is 33.9 Å². The molecule has 0 unspecified atom stereocenters. The molecule has 168 valence electrons. The number of aryl methyl sites for hydroxylation is 2. The fourth-order valence-electron chi connectivity index (χ4n) is 3.54. The monoisotopic (exact) mass is 445 g/mol. The van der Waals surface area contributed by atoms with E-state index in [1.54, 1.807) is 19.1 Å². The average molecular weight is 445 g/mol. The second kappa shape index (κ2) is 9.43. The Labute approximate surface area is 190 Å².